The molecule has 3 aromatic rings. The maximum atomic E-state index is 13.6. The van der Waals surface area contributed by atoms with Crippen molar-refractivity contribution in [2.24, 2.45) is 5.92 Å². The minimum absolute atomic E-state index is 0.0142. The number of ether oxygens (including phenoxy) is 1. The first-order valence-electron chi connectivity index (χ1n) is 11.4. The number of benzene rings is 3. The van der Waals surface area contributed by atoms with E-state index in [-0.39, 0.29) is 23.7 Å². The van der Waals surface area contributed by atoms with Gasteiger partial charge in [-0.25, -0.2) is 4.39 Å². The molecular weight excluding hydrogens is 417 g/mol. The van der Waals surface area contributed by atoms with E-state index in [0.29, 0.717) is 13.0 Å². The van der Waals surface area contributed by atoms with Crippen LogP contribution in [0.1, 0.15) is 11.1 Å². The molecule has 1 N–H and O–H groups in total. The third-order valence-electron chi connectivity index (χ3n) is 6.75. The van der Waals surface area contributed by atoms with Gasteiger partial charge in [0.1, 0.15) is 11.6 Å². The van der Waals surface area contributed by atoms with Crippen molar-refractivity contribution in [3.05, 3.63) is 89.7 Å². The summed E-state index contributed by atoms with van der Waals surface area (Å²) < 4.78 is 18.8. The van der Waals surface area contributed by atoms with Gasteiger partial charge in [0.15, 0.2) is 0 Å². The van der Waals surface area contributed by atoms with Crippen LogP contribution in [0.5, 0.6) is 5.75 Å². The Morgan fingerprint density at radius 1 is 1.06 bits per heavy atom. The summed E-state index contributed by atoms with van der Waals surface area (Å²) in [7, 11) is 1.67. The summed E-state index contributed by atoms with van der Waals surface area (Å²) in [4.78, 5) is 18.1. The van der Waals surface area contributed by atoms with E-state index < -0.39 is 0 Å². The molecular formula is C27H28FN3O2. The minimum Gasteiger partial charge on any atom is -0.497 e. The Labute approximate surface area is 193 Å². The topological polar surface area (TPSA) is 44.8 Å². The predicted octanol–water partition coefficient (Wildman–Crippen LogP) is 4.02. The van der Waals surface area contributed by atoms with Gasteiger partial charge >= 0.3 is 0 Å². The van der Waals surface area contributed by atoms with Gasteiger partial charge in [0.2, 0.25) is 5.91 Å². The molecule has 0 spiro atoms. The van der Waals surface area contributed by atoms with Gasteiger partial charge < -0.3 is 19.9 Å². The number of carbonyl (C=O) groups excluding carboxylic acids is 1. The molecule has 5 rings (SSSR count). The number of amides is 1. The maximum Gasteiger partial charge on any atom is 0.225 e. The number of anilines is 2. The SMILES string of the molecule is COc1ccc(N2CCN3c4ccccc4C[C@@H](C(=O)NCc4cccc(F)c4)[C@@H]3C2)cc1. The minimum atomic E-state index is -0.290. The van der Waals surface area contributed by atoms with Gasteiger partial charge in [-0.2, -0.15) is 0 Å². The summed E-state index contributed by atoms with van der Waals surface area (Å²) in [6.45, 7) is 2.82. The molecule has 0 saturated carbocycles. The van der Waals surface area contributed by atoms with Gasteiger partial charge in [0.05, 0.1) is 19.1 Å². The van der Waals surface area contributed by atoms with Crippen molar-refractivity contribution in [3.8, 4) is 5.75 Å². The summed E-state index contributed by atoms with van der Waals surface area (Å²) >= 11 is 0. The fraction of sp³-hybridized carbons (Fsp3) is 0.296. The predicted molar refractivity (Wildman–Crippen MR) is 128 cm³/mol. The van der Waals surface area contributed by atoms with Gasteiger partial charge in [0.25, 0.3) is 0 Å². The number of piperazine rings is 1. The van der Waals surface area contributed by atoms with Crippen LogP contribution in [-0.4, -0.2) is 38.7 Å². The highest BCUT2D eigenvalue weighted by Gasteiger charge is 2.41. The zero-order valence-corrected chi connectivity index (χ0v) is 18.7. The monoisotopic (exact) mass is 445 g/mol. The molecule has 33 heavy (non-hydrogen) atoms. The first kappa shape index (κ1) is 21.3. The summed E-state index contributed by atoms with van der Waals surface area (Å²) in [6.07, 6.45) is 0.697. The number of hydrogen-bond donors (Lipinski definition) is 1. The lowest BCUT2D eigenvalue weighted by Gasteiger charge is -2.49. The van der Waals surface area contributed by atoms with E-state index in [0.717, 1.165) is 36.6 Å². The quantitative estimate of drug-likeness (QED) is 0.645. The van der Waals surface area contributed by atoms with E-state index in [1.165, 1.54) is 23.4 Å². The Balaban J connectivity index is 1.38. The van der Waals surface area contributed by atoms with Crippen LogP contribution in [-0.2, 0) is 17.8 Å². The fourth-order valence-electron chi connectivity index (χ4n) is 5.05. The molecule has 5 nitrogen and oxygen atoms in total. The van der Waals surface area contributed by atoms with Crippen molar-refractivity contribution in [1.82, 2.24) is 5.32 Å². The van der Waals surface area contributed by atoms with Gasteiger partial charge in [-0.15, -0.1) is 0 Å². The standard InChI is InChI=1S/C27H28FN3O2/c1-33-23-11-9-22(10-12-23)30-13-14-31-25-8-3-2-6-20(25)16-24(26(31)18-30)27(32)29-17-19-5-4-7-21(28)15-19/h2-12,15,24,26H,13-14,16-18H2,1H3,(H,29,32)/t24-,26+/m1/s1. The Morgan fingerprint density at radius 2 is 1.88 bits per heavy atom. The molecule has 2 aliphatic rings. The molecule has 1 amide bonds. The van der Waals surface area contributed by atoms with E-state index in [1.54, 1.807) is 13.2 Å². The zero-order valence-electron chi connectivity index (χ0n) is 18.7. The Kier molecular flexibility index (Phi) is 5.90. The third-order valence-corrected chi connectivity index (χ3v) is 6.75. The molecule has 170 valence electrons. The molecule has 0 radical (unpaired) electrons. The first-order valence-corrected chi connectivity index (χ1v) is 11.4. The molecule has 0 aromatic heterocycles. The van der Waals surface area contributed by atoms with E-state index in [2.05, 4.69) is 45.4 Å². The smallest absolute Gasteiger partial charge is 0.225 e. The molecule has 2 aliphatic heterocycles. The number of methoxy groups -OCH3 is 1. The molecule has 0 unspecified atom stereocenters. The van der Waals surface area contributed by atoms with Crippen molar-refractivity contribution in [2.75, 3.05) is 36.5 Å². The summed E-state index contributed by atoms with van der Waals surface area (Å²) in [5.74, 6) is 0.371. The lowest BCUT2D eigenvalue weighted by molar-refractivity contribution is -0.126. The van der Waals surface area contributed by atoms with E-state index >= 15 is 0 Å². The molecule has 1 saturated heterocycles. The van der Waals surface area contributed by atoms with E-state index in [4.69, 9.17) is 4.74 Å². The Bertz CT molecular complexity index is 1130. The van der Waals surface area contributed by atoms with Crippen LogP contribution < -0.4 is 19.9 Å². The number of nitrogens with zero attached hydrogens (tertiary/aromatic N) is 2. The van der Waals surface area contributed by atoms with Crippen molar-refractivity contribution in [1.29, 1.82) is 0 Å². The third kappa shape index (κ3) is 4.38. The Morgan fingerprint density at radius 3 is 2.67 bits per heavy atom. The number of carbonyl (C=O) groups is 1. The van der Waals surface area contributed by atoms with Crippen LogP contribution in [0, 0.1) is 11.7 Å². The zero-order chi connectivity index (χ0) is 22.8. The number of fused-ring (bicyclic) bond motifs is 3. The molecule has 2 heterocycles. The summed E-state index contributed by atoms with van der Waals surface area (Å²) in [5, 5.41) is 3.06. The van der Waals surface area contributed by atoms with Gasteiger partial charge in [-0.1, -0.05) is 30.3 Å². The maximum absolute atomic E-state index is 13.6. The van der Waals surface area contributed by atoms with Crippen molar-refractivity contribution >= 4 is 17.3 Å². The highest BCUT2D eigenvalue weighted by molar-refractivity contribution is 5.82. The molecule has 2 atom stereocenters. The van der Waals surface area contributed by atoms with Crippen LogP contribution in [0.3, 0.4) is 0 Å². The lowest BCUT2D eigenvalue weighted by atomic mass is 9.83. The second kappa shape index (κ2) is 9.14. The first-order chi connectivity index (χ1) is 16.1. The molecule has 0 aliphatic carbocycles. The average Bonchev–Trinajstić information content (AvgIpc) is 2.86. The van der Waals surface area contributed by atoms with E-state index in [9.17, 15) is 9.18 Å². The molecule has 1 fully saturated rings. The normalized spacial score (nSPS) is 19.5. The lowest BCUT2D eigenvalue weighted by Crippen LogP contribution is -2.61. The van der Waals surface area contributed by atoms with Gasteiger partial charge in [0, 0.05) is 37.6 Å². The second-order valence-electron chi connectivity index (χ2n) is 8.69. The van der Waals surface area contributed by atoms with Gasteiger partial charge in [-0.3, -0.25) is 4.79 Å². The van der Waals surface area contributed by atoms with Crippen molar-refractivity contribution < 1.29 is 13.9 Å². The van der Waals surface area contributed by atoms with Crippen LogP contribution in [0.25, 0.3) is 0 Å². The highest BCUT2D eigenvalue weighted by atomic mass is 19.1. The van der Waals surface area contributed by atoms with Crippen LogP contribution in [0.15, 0.2) is 72.8 Å². The highest BCUT2D eigenvalue weighted by Crippen LogP contribution is 2.37. The summed E-state index contributed by atoms with van der Waals surface area (Å²) in [5.41, 5.74) is 4.33. The molecule has 3 aromatic carbocycles. The molecule has 6 heteroatoms. The van der Waals surface area contributed by atoms with E-state index in [1.807, 2.05) is 24.3 Å². The fourth-order valence-corrected chi connectivity index (χ4v) is 5.05. The Hall–Kier alpha value is -3.54. The van der Waals surface area contributed by atoms with Crippen LogP contribution >= 0.6 is 0 Å². The van der Waals surface area contributed by atoms with Crippen molar-refractivity contribution in [2.45, 2.75) is 19.0 Å². The van der Waals surface area contributed by atoms with Crippen molar-refractivity contribution in [3.63, 3.8) is 0 Å². The van der Waals surface area contributed by atoms with Gasteiger partial charge in [-0.05, 0) is 60.0 Å². The summed E-state index contributed by atoms with van der Waals surface area (Å²) in [6, 6.07) is 22.9. The van der Waals surface area contributed by atoms with Crippen LogP contribution in [0.2, 0.25) is 0 Å². The number of nitrogens with one attached hydrogen (secondary N) is 1. The second-order valence-corrected chi connectivity index (χ2v) is 8.69. The van der Waals surface area contributed by atoms with Crippen LogP contribution in [0.4, 0.5) is 15.8 Å². The number of hydrogen-bond acceptors (Lipinski definition) is 4. The number of para-hydroxylation sites is 1. The number of halogens is 1. The average molecular weight is 446 g/mol. The largest absolute Gasteiger partial charge is 0.497 e. The number of rotatable bonds is 5. The molecule has 0 bridgehead atoms.